The largest absolute Gasteiger partial charge is 0.330 e. The minimum atomic E-state index is -0.0691. The Morgan fingerprint density at radius 3 is 2.70 bits per heavy atom. The molecule has 4 nitrogen and oxygen atoms in total. The summed E-state index contributed by atoms with van der Waals surface area (Å²) < 4.78 is 0. The van der Waals surface area contributed by atoms with Crippen molar-refractivity contribution in [1.82, 2.24) is 4.90 Å². The number of amides is 1. The van der Waals surface area contributed by atoms with Crippen molar-refractivity contribution in [3.63, 3.8) is 0 Å². The van der Waals surface area contributed by atoms with Crippen molar-refractivity contribution in [3.05, 3.63) is 28.2 Å². The normalized spacial score (nSPS) is 17.1. The molecule has 0 aliphatic carbocycles. The molecule has 0 radical (unpaired) electrons. The molecule has 1 heterocycles. The van der Waals surface area contributed by atoms with Gasteiger partial charge in [-0.15, -0.1) is 0 Å². The Bertz CT molecular complexity index is 473. The van der Waals surface area contributed by atoms with Crippen molar-refractivity contribution in [1.29, 1.82) is 0 Å². The fraction of sp³-hybridized carbons (Fsp3) is 0.500. The zero-order valence-electron chi connectivity index (χ0n) is 11.2. The summed E-state index contributed by atoms with van der Waals surface area (Å²) in [7, 11) is 0. The van der Waals surface area contributed by atoms with Gasteiger partial charge in [0.1, 0.15) is 0 Å². The first-order chi connectivity index (χ1) is 9.58. The second kappa shape index (κ2) is 7.27. The fourth-order valence-corrected chi connectivity index (χ4v) is 2.70. The van der Waals surface area contributed by atoms with Crippen LogP contribution in [0.4, 0.5) is 5.69 Å². The number of hydrogen-bond acceptors (Lipinski definition) is 3. The van der Waals surface area contributed by atoms with Gasteiger partial charge >= 0.3 is 0 Å². The summed E-state index contributed by atoms with van der Waals surface area (Å²) in [6.07, 6.45) is 2.11. The van der Waals surface area contributed by atoms with E-state index in [1.54, 1.807) is 18.2 Å². The van der Waals surface area contributed by atoms with Crippen molar-refractivity contribution in [2.45, 2.75) is 12.8 Å². The molecule has 0 spiro atoms. The lowest BCUT2D eigenvalue weighted by Crippen LogP contribution is -2.40. The minimum Gasteiger partial charge on any atom is -0.330 e. The first kappa shape index (κ1) is 15.6. The summed E-state index contributed by atoms with van der Waals surface area (Å²) in [4.78, 5) is 14.2. The van der Waals surface area contributed by atoms with E-state index >= 15 is 0 Å². The highest BCUT2D eigenvalue weighted by Gasteiger charge is 2.20. The van der Waals surface area contributed by atoms with Crippen LogP contribution in [0, 0.1) is 5.92 Å². The summed E-state index contributed by atoms with van der Waals surface area (Å²) in [6.45, 7) is 2.94. The van der Waals surface area contributed by atoms with E-state index in [1.165, 1.54) is 0 Å². The third kappa shape index (κ3) is 4.35. The molecule has 1 aromatic rings. The van der Waals surface area contributed by atoms with Gasteiger partial charge in [0.05, 0.1) is 17.3 Å². The molecule has 1 saturated heterocycles. The maximum Gasteiger partial charge on any atom is 0.238 e. The Balaban J connectivity index is 1.85. The van der Waals surface area contributed by atoms with E-state index in [-0.39, 0.29) is 5.91 Å². The number of nitrogens with zero attached hydrogens (tertiary/aromatic N) is 1. The van der Waals surface area contributed by atoms with E-state index in [1.807, 2.05) is 0 Å². The van der Waals surface area contributed by atoms with Crippen molar-refractivity contribution in [3.8, 4) is 0 Å². The number of anilines is 1. The van der Waals surface area contributed by atoms with Crippen LogP contribution in [0.2, 0.25) is 10.0 Å². The summed E-state index contributed by atoms with van der Waals surface area (Å²) in [5.74, 6) is 0.525. The Morgan fingerprint density at radius 2 is 2.05 bits per heavy atom. The summed E-state index contributed by atoms with van der Waals surface area (Å²) >= 11 is 11.9. The zero-order valence-corrected chi connectivity index (χ0v) is 12.8. The maximum absolute atomic E-state index is 12.0. The van der Waals surface area contributed by atoms with Crippen LogP contribution in [0.1, 0.15) is 12.8 Å². The highest BCUT2D eigenvalue weighted by molar-refractivity contribution is 6.35. The molecule has 3 N–H and O–H groups in total. The predicted octanol–water partition coefficient (Wildman–Crippen LogP) is 2.60. The van der Waals surface area contributed by atoms with Gasteiger partial charge in [-0.05, 0) is 56.6 Å². The van der Waals surface area contributed by atoms with Crippen LogP contribution in [-0.2, 0) is 4.79 Å². The van der Waals surface area contributed by atoms with Crippen LogP contribution >= 0.6 is 23.2 Å². The lowest BCUT2D eigenvalue weighted by Gasteiger charge is -2.30. The molecule has 1 aliphatic rings. The monoisotopic (exact) mass is 315 g/mol. The number of carbonyl (C=O) groups is 1. The first-order valence-corrected chi connectivity index (χ1v) is 7.51. The number of nitrogens with two attached hydrogens (primary N) is 1. The molecule has 0 saturated carbocycles. The molecular weight excluding hydrogens is 297 g/mol. The van der Waals surface area contributed by atoms with Crippen molar-refractivity contribution in [2.24, 2.45) is 11.7 Å². The average Bonchev–Trinajstić information content (AvgIpc) is 2.43. The van der Waals surface area contributed by atoms with Crippen molar-refractivity contribution < 1.29 is 4.79 Å². The second-order valence-electron chi connectivity index (χ2n) is 5.13. The van der Waals surface area contributed by atoms with Gasteiger partial charge in [0.15, 0.2) is 0 Å². The molecule has 20 heavy (non-hydrogen) atoms. The molecule has 0 atom stereocenters. The van der Waals surface area contributed by atoms with Crippen LogP contribution in [0.5, 0.6) is 0 Å². The number of halogens is 2. The number of likely N-dealkylation sites (tertiary alicyclic amines) is 1. The quantitative estimate of drug-likeness (QED) is 0.898. The Hall–Kier alpha value is -0.810. The highest BCUT2D eigenvalue weighted by atomic mass is 35.5. The molecule has 0 aromatic heterocycles. The van der Waals surface area contributed by atoms with Crippen molar-refractivity contribution >= 4 is 34.8 Å². The van der Waals surface area contributed by atoms with Gasteiger partial charge < -0.3 is 11.1 Å². The molecule has 2 rings (SSSR count). The fourth-order valence-electron chi connectivity index (χ4n) is 2.37. The van der Waals surface area contributed by atoms with Crippen LogP contribution in [0.15, 0.2) is 18.2 Å². The Morgan fingerprint density at radius 1 is 1.35 bits per heavy atom. The zero-order chi connectivity index (χ0) is 14.5. The van der Waals surface area contributed by atoms with E-state index in [0.29, 0.717) is 28.2 Å². The van der Waals surface area contributed by atoms with Crippen LogP contribution in [-0.4, -0.2) is 37.0 Å². The standard InChI is InChI=1S/C14H19Cl2N3O/c15-11-1-2-12(16)13(7-11)18-14(20)9-19-5-3-10(8-17)4-6-19/h1-2,7,10H,3-6,8-9,17H2,(H,18,20). The van der Waals surface area contributed by atoms with E-state index < -0.39 is 0 Å². The van der Waals surface area contributed by atoms with Crippen LogP contribution in [0.3, 0.4) is 0 Å². The molecule has 1 aliphatic heterocycles. The second-order valence-corrected chi connectivity index (χ2v) is 5.97. The van der Waals surface area contributed by atoms with Gasteiger partial charge in [-0.3, -0.25) is 9.69 Å². The number of hydrogen-bond donors (Lipinski definition) is 2. The van der Waals surface area contributed by atoms with Crippen LogP contribution in [0.25, 0.3) is 0 Å². The molecule has 110 valence electrons. The van der Waals surface area contributed by atoms with Gasteiger partial charge in [0.25, 0.3) is 0 Å². The van der Waals surface area contributed by atoms with E-state index in [2.05, 4.69) is 10.2 Å². The van der Waals surface area contributed by atoms with Gasteiger partial charge in [0.2, 0.25) is 5.91 Å². The molecule has 1 fully saturated rings. The average molecular weight is 316 g/mol. The van der Waals surface area contributed by atoms with Crippen molar-refractivity contribution in [2.75, 3.05) is 31.5 Å². The van der Waals surface area contributed by atoms with Gasteiger partial charge in [0, 0.05) is 5.02 Å². The minimum absolute atomic E-state index is 0.0691. The third-order valence-electron chi connectivity index (χ3n) is 3.61. The third-order valence-corrected chi connectivity index (χ3v) is 4.17. The van der Waals surface area contributed by atoms with Gasteiger partial charge in [-0.1, -0.05) is 23.2 Å². The van der Waals surface area contributed by atoms with Crippen LogP contribution < -0.4 is 11.1 Å². The predicted molar refractivity (Wildman–Crippen MR) is 83.3 cm³/mol. The summed E-state index contributed by atoms with van der Waals surface area (Å²) in [6, 6.07) is 5.02. The number of carbonyl (C=O) groups excluding carboxylic acids is 1. The Labute approximate surface area is 129 Å². The Kier molecular flexibility index (Phi) is 5.66. The number of rotatable bonds is 4. The molecule has 6 heteroatoms. The lowest BCUT2D eigenvalue weighted by molar-refractivity contribution is -0.117. The highest BCUT2D eigenvalue weighted by Crippen LogP contribution is 2.25. The number of piperidine rings is 1. The summed E-state index contributed by atoms with van der Waals surface area (Å²) in [5, 5.41) is 3.84. The van der Waals surface area contributed by atoms with Gasteiger partial charge in [-0.25, -0.2) is 0 Å². The number of benzene rings is 1. The lowest BCUT2D eigenvalue weighted by atomic mass is 9.97. The smallest absolute Gasteiger partial charge is 0.238 e. The van der Waals surface area contributed by atoms with E-state index in [9.17, 15) is 4.79 Å². The number of nitrogens with one attached hydrogen (secondary N) is 1. The molecule has 1 aromatic carbocycles. The first-order valence-electron chi connectivity index (χ1n) is 6.76. The topological polar surface area (TPSA) is 58.4 Å². The van der Waals surface area contributed by atoms with E-state index in [0.717, 1.165) is 32.5 Å². The molecule has 0 bridgehead atoms. The van der Waals surface area contributed by atoms with E-state index in [4.69, 9.17) is 28.9 Å². The SMILES string of the molecule is NCC1CCN(CC(=O)Nc2cc(Cl)ccc2Cl)CC1. The summed E-state index contributed by atoms with van der Waals surface area (Å²) in [5.41, 5.74) is 6.21. The van der Waals surface area contributed by atoms with Gasteiger partial charge in [-0.2, -0.15) is 0 Å². The maximum atomic E-state index is 12.0. The molecule has 0 unspecified atom stereocenters. The molecular formula is C14H19Cl2N3O. The molecule has 1 amide bonds.